The molecular weight excluding hydrogens is 921 g/mol. The van der Waals surface area contributed by atoms with E-state index in [1.54, 1.807) is 54.1 Å². The van der Waals surface area contributed by atoms with E-state index in [0.717, 1.165) is 65.8 Å². The number of rotatable bonds is 17. The quantitative estimate of drug-likeness (QED) is 0.0737. The number of thiazole rings is 1. The minimum absolute atomic E-state index is 0.0134. The number of β-amino-alcohol motifs (C(OH)–C–C–N with tert-alkyl or cyclic N) is 1. The second-order valence-electron chi connectivity index (χ2n) is 19.9. The van der Waals surface area contributed by atoms with Crippen molar-refractivity contribution in [3.05, 3.63) is 118 Å². The van der Waals surface area contributed by atoms with Crippen molar-refractivity contribution in [3.8, 4) is 16.3 Å². The monoisotopic (exact) mass is 984 g/mol. The van der Waals surface area contributed by atoms with Gasteiger partial charge in [0.05, 0.1) is 34.4 Å². The standard InChI is InChI=1S/C52H64N12O6S/c1-8-22-63-48(68)39-30-54-50(59-46(39)64(63)42-12-9-11-41(57-42)52(6,7)70)56-36-18-20-37(21-19-36)61-26-24-60(25-27-61)23-10-13-43(66)58-45(51(3,4)5)49(69)62-31-38(65)28-40(62)47(67)53-29-34-14-16-35(17-15-34)44-33(2)55-32-71-44/h8-9,11-12,14-21,30,32,38,40,45,65,70H,1,10,13,22-29,31H2,2-7H3,(H,53,67)(H,58,66)(H,54,56,59)/t38-,40-,45+/m0/s1. The van der Waals surface area contributed by atoms with Crippen molar-refractivity contribution in [2.24, 2.45) is 5.41 Å². The summed E-state index contributed by atoms with van der Waals surface area (Å²) in [6, 6.07) is 19.4. The number of aromatic nitrogens is 6. The van der Waals surface area contributed by atoms with Crippen molar-refractivity contribution in [1.29, 1.82) is 0 Å². The number of amides is 3. The van der Waals surface area contributed by atoms with Crippen LogP contribution in [0.25, 0.3) is 27.3 Å². The molecule has 6 heterocycles. The molecule has 8 rings (SSSR count). The van der Waals surface area contributed by atoms with Crippen molar-refractivity contribution >= 4 is 57.4 Å². The van der Waals surface area contributed by atoms with Gasteiger partial charge in [-0.2, -0.15) is 4.98 Å². The van der Waals surface area contributed by atoms with Crippen molar-refractivity contribution in [1.82, 2.24) is 49.7 Å². The van der Waals surface area contributed by atoms with E-state index in [2.05, 4.69) is 47.3 Å². The summed E-state index contributed by atoms with van der Waals surface area (Å²) < 4.78 is 3.11. The Kier molecular flexibility index (Phi) is 15.2. The number of fused-ring (bicyclic) bond motifs is 1. The van der Waals surface area contributed by atoms with Crippen LogP contribution in [0.15, 0.2) is 95.9 Å². The predicted octanol–water partition coefficient (Wildman–Crippen LogP) is 5.28. The highest BCUT2D eigenvalue weighted by Gasteiger charge is 2.44. The molecule has 2 aromatic carbocycles. The highest BCUT2D eigenvalue weighted by molar-refractivity contribution is 7.13. The van der Waals surface area contributed by atoms with Crippen LogP contribution in [0.4, 0.5) is 17.3 Å². The third-order valence-electron chi connectivity index (χ3n) is 13.0. The number of hydrogen-bond donors (Lipinski definition) is 5. The highest BCUT2D eigenvalue weighted by Crippen LogP contribution is 2.29. The third-order valence-corrected chi connectivity index (χ3v) is 14.0. The number of likely N-dealkylation sites (tertiary alicyclic amines) is 1. The fourth-order valence-electron chi connectivity index (χ4n) is 9.08. The van der Waals surface area contributed by atoms with Crippen LogP contribution < -0.4 is 26.4 Å². The number of nitrogens with zero attached hydrogens (tertiary/aromatic N) is 9. The number of nitrogens with one attached hydrogen (secondary N) is 3. The topological polar surface area (TPSA) is 216 Å². The Hall–Kier alpha value is -6.80. The number of aryl methyl sites for hydroxylation is 1. The number of carbonyl (C=O) groups excluding carboxylic acids is 3. The average molecular weight is 985 g/mol. The van der Waals surface area contributed by atoms with Crippen LogP contribution in [0.1, 0.15) is 70.8 Å². The Bertz CT molecular complexity index is 2930. The zero-order valence-corrected chi connectivity index (χ0v) is 42.1. The van der Waals surface area contributed by atoms with E-state index in [0.29, 0.717) is 34.9 Å². The Morgan fingerprint density at radius 2 is 1.69 bits per heavy atom. The van der Waals surface area contributed by atoms with Gasteiger partial charge in [-0.15, -0.1) is 17.9 Å². The number of hydrogen-bond acceptors (Lipinski definition) is 14. The normalized spacial score (nSPS) is 17.1. The summed E-state index contributed by atoms with van der Waals surface area (Å²) in [7, 11) is 0. The summed E-state index contributed by atoms with van der Waals surface area (Å²) in [5, 5.41) is 30.8. The molecule has 2 fully saturated rings. The van der Waals surface area contributed by atoms with Crippen LogP contribution >= 0.6 is 11.3 Å². The summed E-state index contributed by atoms with van der Waals surface area (Å²) >= 11 is 1.58. The smallest absolute Gasteiger partial charge is 0.278 e. The second-order valence-corrected chi connectivity index (χ2v) is 20.8. The molecule has 5 N–H and O–H groups in total. The van der Waals surface area contributed by atoms with E-state index in [-0.39, 0.29) is 55.8 Å². The van der Waals surface area contributed by atoms with Gasteiger partial charge in [0.15, 0.2) is 11.5 Å². The number of allylic oxidation sites excluding steroid dienone is 1. The van der Waals surface area contributed by atoms with Crippen LogP contribution in [-0.2, 0) is 33.1 Å². The van der Waals surface area contributed by atoms with Gasteiger partial charge < -0.3 is 36.0 Å². The van der Waals surface area contributed by atoms with Gasteiger partial charge in [-0.25, -0.2) is 24.3 Å². The summed E-state index contributed by atoms with van der Waals surface area (Å²) in [5.41, 5.74) is 5.26. The Morgan fingerprint density at radius 1 is 0.958 bits per heavy atom. The van der Waals surface area contributed by atoms with E-state index in [4.69, 9.17) is 4.98 Å². The molecule has 18 nitrogen and oxygen atoms in total. The summed E-state index contributed by atoms with van der Waals surface area (Å²) in [5.74, 6) is -0.238. The van der Waals surface area contributed by atoms with Crippen molar-refractivity contribution in [2.75, 3.05) is 49.5 Å². The van der Waals surface area contributed by atoms with Crippen LogP contribution in [0, 0.1) is 12.3 Å². The van der Waals surface area contributed by atoms with Gasteiger partial charge in [0.25, 0.3) is 5.56 Å². The minimum atomic E-state index is -1.19. The van der Waals surface area contributed by atoms with Crippen LogP contribution in [-0.4, -0.2) is 124 Å². The number of carbonyl (C=O) groups is 3. The number of benzene rings is 2. The Labute approximate surface area is 417 Å². The van der Waals surface area contributed by atoms with Crippen molar-refractivity contribution in [3.63, 3.8) is 0 Å². The SMILES string of the molecule is C=CCn1c(=O)c2cnc(Nc3ccc(N4CCN(CCCC(=O)N[C@H](C(=O)N5C[C@@H](O)C[C@H]5C(=O)NCc5ccc(-c6scnc6C)cc5)C(C)(C)C)CC4)cc3)nc2n1-c1cccc(C(C)(C)O)n1. The van der Waals surface area contributed by atoms with Gasteiger partial charge in [-0.1, -0.05) is 57.2 Å². The lowest BCUT2D eigenvalue weighted by Crippen LogP contribution is -2.57. The lowest BCUT2D eigenvalue weighted by Gasteiger charge is -2.36. The average Bonchev–Trinajstić information content (AvgIpc) is 4.04. The molecule has 4 aromatic heterocycles. The van der Waals surface area contributed by atoms with Crippen molar-refractivity contribution in [2.45, 2.75) is 97.7 Å². The number of piperazine rings is 1. The first kappa shape index (κ1) is 50.6. The zero-order chi connectivity index (χ0) is 50.6. The molecule has 0 radical (unpaired) electrons. The maximum atomic E-state index is 14.1. The summed E-state index contributed by atoms with van der Waals surface area (Å²) in [6.07, 6.45) is 3.25. The molecule has 0 bridgehead atoms. The van der Waals surface area contributed by atoms with Gasteiger partial charge in [0.2, 0.25) is 23.7 Å². The van der Waals surface area contributed by atoms with Crippen LogP contribution in [0.2, 0.25) is 0 Å². The van der Waals surface area contributed by atoms with E-state index in [1.807, 2.05) is 81.7 Å². The van der Waals surface area contributed by atoms with E-state index >= 15 is 0 Å². The molecule has 0 unspecified atom stereocenters. The first-order valence-electron chi connectivity index (χ1n) is 24.1. The fourth-order valence-corrected chi connectivity index (χ4v) is 9.89. The number of aliphatic hydroxyl groups excluding tert-OH is 1. The van der Waals surface area contributed by atoms with Gasteiger partial charge in [0, 0.05) is 69.7 Å². The number of anilines is 3. The van der Waals surface area contributed by atoms with E-state index < -0.39 is 29.2 Å². The zero-order valence-electron chi connectivity index (χ0n) is 41.3. The van der Waals surface area contributed by atoms with Crippen LogP contribution in [0.5, 0.6) is 0 Å². The van der Waals surface area contributed by atoms with Gasteiger partial charge in [-0.3, -0.25) is 24.1 Å². The molecule has 2 aliphatic heterocycles. The van der Waals surface area contributed by atoms with Crippen LogP contribution in [0.3, 0.4) is 0 Å². The molecule has 6 aromatic rings. The molecule has 19 heteroatoms. The molecule has 0 spiro atoms. The number of pyridine rings is 1. The molecule has 3 atom stereocenters. The maximum Gasteiger partial charge on any atom is 0.278 e. The fraction of sp³-hybridized carbons (Fsp3) is 0.423. The first-order chi connectivity index (χ1) is 33.9. The molecule has 71 heavy (non-hydrogen) atoms. The molecule has 3 amide bonds. The lowest BCUT2D eigenvalue weighted by molar-refractivity contribution is -0.144. The number of aliphatic hydroxyl groups is 2. The van der Waals surface area contributed by atoms with E-state index in [9.17, 15) is 29.4 Å². The summed E-state index contributed by atoms with van der Waals surface area (Å²) in [4.78, 5) is 79.9. The van der Waals surface area contributed by atoms with Crippen molar-refractivity contribution < 1.29 is 24.6 Å². The molecule has 2 aliphatic rings. The second kappa shape index (κ2) is 21.3. The Balaban J connectivity index is 0.810. The predicted molar refractivity (Wildman–Crippen MR) is 276 cm³/mol. The molecule has 2 saturated heterocycles. The molecule has 374 valence electrons. The molecule has 0 saturated carbocycles. The highest BCUT2D eigenvalue weighted by atomic mass is 32.1. The van der Waals surface area contributed by atoms with Gasteiger partial charge >= 0.3 is 0 Å². The Morgan fingerprint density at radius 3 is 2.35 bits per heavy atom. The maximum absolute atomic E-state index is 14.1. The van der Waals surface area contributed by atoms with Gasteiger partial charge in [-0.05, 0) is 86.7 Å². The van der Waals surface area contributed by atoms with E-state index in [1.165, 1.54) is 15.8 Å². The third kappa shape index (κ3) is 11.7. The van der Waals surface area contributed by atoms with Gasteiger partial charge in [0.1, 0.15) is 23.1 Å². The lowest BCUT2D eigenvalue weighted by atomic mass is 9.85. The first-order valence-corrected chi connectivity index (χ1v) is 24.9. The minimum Gasteiger partial charge on any atom is -0.391 e. The molecule has 0 aliphatic carbocycles. The summed E-state index contributed by atoms with van der Waals surface area (Å²) in [6.45, 7) is 19.2. The largest absolute Gasteiger partial charge is 0.391 e. The molecular formula is C52H64N12O6S.